The molecule has 0 saturated carbocycles. The van der Waals surface area contributed by atoms with Crippen molar-refractivity contribution in [3.8, 4) is 0 Å². The molecule has 0 aliphatic carbocycles. The zero-order chi connectivity index (χ0) is 16.8. The van der Waals surface area contributed by atoms with Gasteiger partial charge in [0.1, 0.15) is 0 Å². The van der Waals surface area contributed by atoms with Crippen molar-refractivity contribution in [3.63, 3.8) is 0 Å². The summed E-state index contributed by atoms with van der Waals surface area (Å²) >= 11 is 0. The number of hydrogen-bond donors (Lipinski definition) is 0. The summed E-state index contributed by atoms with van der Waals surface area (Å²) in [5.74, 6) is 0.933. The van der Waals surface area contributed by atoms with Crippen molar-refractivity contribution in [1.82, 2.24) is 4.90 Å². The summed E-state index contributed by atoms with van der Waals surface area (Å²) in [4.78, 5) is 16.6. The van der Waals surface area contributed by atoms with E-state index in [2.05, 4.69) is 30.3 Å². The summed E-state index contributed by atoms with van der Waals surface area (Å²) in [6.07, 6.45) is 3.35. The maximum atomic E-state index is 12.5. The van der Waals surface area contributed by atoms with Crippen LogP contribution in [0.25, 0.3) is 0 Å². The number of amides is 1. The lowest BCUT2D eigenvalue weighted by molar-refractivity contribution is -0.131. The lowest BCUT2D eigenvalue weighted by Gasteiger charge is -2.33. The van der Waals surface area contributed by atoms with E-state index in [4.69, 9.17) is 0 Å². The van der Waals surface area contributed by atoms with E-state index in [1.54, 1.807) is 0 Å². The monoisotopic (exact) mass is 322 g/mol. The van der Waals surface area contributed by atoms with Gasteiger partial charge >= 0.3 is 0 Å². The maximum absolute atomic E-state index is 12.5. The Hall–Kier alpha value is -2.29. The topological polar surface area (TPSA) is 23.6 Å². The average molecular weight is 322 g/mol. The molecule has 3 heteroatoms. The van der Waals surface area contributed by atoms with E-state index in [1.807, 2.05) is 47.2 Å². The smallest absolute Gasteiger partial charge is 0.242 e. The Morgan fingerprint density at radius 1 is 1.00 bits per heavy atom. The molecule has 0 bridgehead atoms. The highest BCUT2D eigenvalue weighted by atomic mass is 16.2. The van der Waals surface area contributed by atoms with Crippen molar-refractivity contribution in [2.24, 2.45) is 5.92 Å². The van der Waals surface area contributed by atoms with E-state index in [9.17, 15) is 4.79 Å². The predicted octanol–water partition coefficient (Wildman–Crippen LogP) is 3.60. The minimum absolute atomic E-state index is 0.236. The molecular formula is C21H26N2O. The first-order valence-corrected chi connectivity index (χ1v) is 8.80. The van der Waals surface area contributed by atoms with Crippen LogP contribution in [-0.4, -0.2) is 37.5 Å². The zero-order valence-corrected chi connectivity index (χ0v) is 14.4. The Bertz CT molecular complexity index is 633. The SMILES string of the molecule is CN(CC(=O)N1CCC(Cc2ccccc2)CC1)c1ccccc1. The van der Waals surface area contributed by atoms with Crippen molar-refractivity contribution < 1.29 is 4.79 Å². The lowest BCUT2D eigenvalue weighted by Crippen LogP contribution is -2.43. The maximum Gasteiger partial charge on any atom is 0.242 e. The van der Waals surface area contributed by atoms with E-state index >= 15 is 0 Å². The third kappa shape index (κ3) is 4.38. The Morgan fingerprint density at radius 3 is 2.21 bits per heavy atom. The van der Waals surface area contributed by atoms with Crippen LogP contribution in [0.1, 0.15) is 18.4 Å². The normalized spacial score (nSPS) is 15.3. The summed E-state index contributed by atoms with van der Waals surface area (Å²) in [7, 11) is 1.98. The molecule has 24 heavy (non-hydrogen) atoms. The number of likely N-dealkylation sites (N-methyl/N-ethyl adjacent to an activating group) is 1. The standard InChI is InChI=1S/C21H26N2O/c1-22(20-10-6-3-7-11-20)17-21(24)23-14-12-19(13-15-23)16-18-8-4-2-5-9-18/h2-11,19H,12-17H2,1H3. The fraction of sp³-hybridized carbons (Fsp3) is 0.381. The number of hydrogen-bond acceptors (Lipinski definition) is 2. The van der Waals surface area contributed by atoms with Gasteiger partial charge in [0.15, 0.2) is 0 Å². The molecule has 1 saturated heterocycles. The molecule has 2 aromatic rings. The molecule has 126 valence electrons. The first-order chi connectivity index (χ1) is 11.7. The van der Waals surface area contributed by atoms with E-state index in [1.165, 1.54) is 5.56 Å². The van der Waals surface area contributed by atoms with Gasteiger partial charge in [0.2, 0.25) is 5.91 Å². The highest BCUT2D eigenvalue weighted by Crippen LogP contribution is 2.22. The molecule has 0 atom stereocenters. The minimum atomic E-state index is 0.236. The molecule has 1 heterocycles. The fourth-order valence-corrected chi connectivity index (χ4v) is 3.41. The van der Waals surface area contributed by atoms with Crippen LogP contribution in [0.15, 0.2) is 60.7 Å². The quantitative estimate of drug-likeness (QED) is 0.839. The predicted molar refractivity (Wildman–Crippen MR) is 99.2 cm³/mol. The van der Waals surface area contributed by atoms with Crippen molar-refractivity contribution in [3.05, 3.63) is 66.2 Å². The molecule has 1 fully saturated rings. The Balaban J connectivity index is 1.47. The van der Waals surface area contributed by atoms with Crippen LogP contribution in [0.2, 0.25) is 0 Å². The lowest BCUT2D eigenvalue weighted by atomic mass is 9.90. The van der Waals surface area contributed by atoms with Gasteiger partial charge < -0.3 is 9.80 Å². The molecule has 0 N–H and O–H groups in total. The summed E-state index contributed by atoms with van der Waals surface area (Å²) in [6, 6.07) is 20.8. The molecule has 0 aromatic heterocycles. The van der Waals surface area contributed by atoms with Crippen molar-refractivity contribution in [2.45, 2.75) is 19.3 Å². The van der Waals surface area contributed by atoms with E-state index < -0.39 is 0 Å². The van der Waals surface area contributed by atoms with Gasteiger partial charge in [-0.05, 0) is 42.9 Å². The second-order valence-corrected chi connectivity index (χ2v) is 6.71. The Morgan fingerprint density at radius 2 is 1.58 bits per heavy atom. The van der Waals surface area contributed by atoms with Crippen LogP contribution in [-0.2, 0) is 11.2 Å². The van der Waals surface area contributed by atoms with Crippen molar-refractivity contribution in [1.29, 1.82) is 0 Å². The van der Waals surface area contributed by atoms with Gasteiger partial charge in [-0.2, -0.15) is 0 Å². The van der Waals surface area contributed by atoms with Crippen LogP contribution in [0, 0.1) is 5.92 Å². The second-order valence-electron chi connectivity index (χ2n) is 6.71. The van der Waals surface area contributed by atoms with Crippen LogP contribution in [0.5, 0.6) is 0 Å². The molecule has 0 radical (unpaired) electrons. The van der Waals surface area contributed by atoms with Gasteiger partial charge in [0.25, 0.3) is 0 Å². The Labute approximate surface area is 144 Å². The number of carbonyl (C=O) groups excluding carboxylic acids is 1. The van der Waals surface area contributed by atoms with Crippen LogP contribution in [0.4, 0.5) is 5.69 Å². The van der Waals surface area contributed by atoms with Crippen molar-refractivity contribution in [2.75, 3.05) is 31.6 Å². The highest BCUT2D eigenvalue weighted by molar-refractivity contribution is 5.81. The molecule has 0 spiro atoms. The number of likely N-dealkylation sites (tertiary alicyclic amines) is 1. The second kappa shape index (κ2) is 8.00. The number of benzene rings is 2. The van der Waals surface area contributed by atoms with E-state index in [-0.39, 0.29) is 5.91 Å². The summed E-state index contributed by atoms with van der Waals surface area (Å²) < 4.78 is 0. The fourth-order valence-electron chi connectivity index (χ4n) is 3.41. The molecule has 0 unspecified atom stereocenters. The van der Waals surface area contributed by atoms with Crippen LogP contribution in [0.3, 0.4) is 0 Å². The van der Waals surface area contributed by atoms with Gasteiger partial charge in [-0.25, -0.2) is 0 Å². The number of rotatable bonds is 5. The van der Waals surface area contributed by atoms with Crippen LogP contribution < -0.4 is 4.90 Å². The molecular weight excluding hydrogens is 296 g/mol. The third-order valence-electron chi connectivity index (χ3n) is 4.90. The zero-order valence-electron chi connectivity index (χ0n) is 14.4. The van der Waals surface area contributed by atoms with Gasteiger partial charge in [-0.1, -0.05) is 48.5 Å². The summed E-state index contributed by atoms with van der Waals surface area (Å²) in [6.45, 7) is 2.23. The van der Waals surface area contributed by atoms with Gasteiger partial charge in [-0.3, -0.25) is 4.79 Å². The third-order valence-corrected chi connectivity index (χ3v) is 4.90. The van der Waals surface area contributed by atoms with Gasteiger partial charge in [-0.15, -0.1) is 0 Å². The summed E-state index contributed by atoms with van der Waals surface area (Å²) in [5.41, 5.74) is 2.50. The number of para-hydroxylation sites is 1. The first kappa shape index (κ1) is 16.6. The molecule has 1 aliphatic rings. The van der Waals surface area contributed by atoms with E-state index in [0.29, 0.717) is 12.5 Å². The number of piperidine rings is 1. The molecule has 3 nitrogen and oxygen atoms in total. The number of nitrogens with zero attached hydrogens (tertiary/aromatic N) is 2. The van der Waals surface area contributed by atoms with E-state index in [0.717, 1.165) is 38.0 Å². The number of carbonyl (C=O) groups is 1. The summed E-state index contributed by atoms with van der Waals surface area (Å²) in [5, 5.41) is 0. The molecule has 1 amide bonds. The van der Waals surface area contributed by atoms with Crippen molar-refractivity contribution >= 4 is 11.6 Å². The van der Waals surface area contributed by atoms with Gasteiger partial charge in [0, 0.05) is 25.8 Å². The largest absolute Gasteiger partial charge is 0.365 e. The number of anilines is 1. The van der Waals surface area contributed by atoms with Crippen LogP contribution >= 0.6 is 0 Å². The minimum Gasteiger partial charge on any atom is -0.365 e. The first-order valence-electron chi connectivity index (χ1n) is 8.80. The molecule has 2 aromatic carbocycles. The molecule has 3 rings (SSSR count). The van der Waals surface area contributed by atoms with Gasteiger partial charge in [0.05, 0.1) is 6.54 Å². The molecule has 1 aliphatic heterocycles. The average Bonchev–Trinajstić information content (AvgIpc) is 2.64. The Kier molecular flexibility index (Phi) is 5.52. The highest BCUT2D eigenvalue weighted by Gasteiger charge is 2.23.